The molecule has 1 aliphatic rings. The van der Waals surface area contributed by atoms with Gasteiger partial charge in [-0.05, 0) is 19.8 Å². The molecule has 1 saturated carbocycles. The molecule has 0 aliphatic heterocycles. The summed E-state index contributed by atoms with van der Waals surface area (Å²) in [5.41, 5.74) is 0.218. The first-order chi connectivity index (χ1) is 7.56. The van der Waals surface area contributed by atoms with Crippen molar-refractivity contribution in [3.8, 4) is 0 Å². The maximum absolute atomic E-state index is 10.7. The van der Waals surface area contributed by atoms with Gasteiger partial charge in [-0.15, -0.1) is 0 Å². The van der Waals surface area contributed by atoms with E-state index in [0.29, 0.717) is 11.6 Å². The monoisotopic (exact) mass is 223 g/mol. The van der Waals surface area contributed by atoms with Gasteiger partial charge in [-0.2, -0.15) is 0 Å². The van der Waals surface area contributed by atoms with E-state index in [1.807, 2.05) is 0 Å². The number of hydrogen-bond acceptors (Lipinski definition) is 5. The van der Waals surface area contributed by atoms with E-state index < -0.39 is 5.97 Å². The Morgan fingerprint density at radius 2 is 2.31 bits per heavy atom. The number of carbonyl (C=O) groups is 1. The summed E-state index contributed by atoms with van der Waals surface area (Å²) in [7, 11) is 0. The van der Waals surface area contributed by atoms with E-state index in [2.05, 4.69) is 15.3 Å². The second-order valence-corrected chi connectivity index (χ2v) is 4.06. The molecule has 1 fully saturated rings. The topological polar surface area (TPSA) is 95.3 Å². The van der Waals surface area contributed by atoms with Crippen molar-refractivity contribution in [1.29, 1.82) is 0 Å². The van der Waals surface area contributed by atoms with Crippen LogP contribution in [0.3, 0.4) is 0 Å². The van der Waals surface area contributed by atoms with E-state index in [1.54, 1.807) is 6.92 Å². The summed E-state index contributed by atoms with van der Waals surface area (Å²) in [6.45, 7) is 1.66. The van der Waals surface area contributed by atoms with Gasteiger partial charge in [0.05, 0.1) is 23.4 Å². The van der Waals surface area contributed by atoms with Crippen molar-refractivity contribution in [1.82, 2.24) is 9.97 Å². The predicted molar refractivity (Wildman–Crippen MR) is 56.4 cm³/mol. The largest absolute Gasteiger partial charge is 0.478 e. The molecule has 6 heteroatoms. The summed E-state index contributed by atoms with van der Waals surface area (Å²) in [6, 6.07) is 0. The summed E-state index contributed by atoms with van der Waals surface area (Å²) < 4.78 is 0. The number of aliphatic hydroxyl groups is 1. The Balaban J connectivity index is 2.18. The van der Waals surface area contributed by atoms with Crippen LogP contribution in [0.25, 0.3) is 0 Å². The molecule has 1 heterocycles. The number of aromatic carboxylic acids is 1. The Morgan fingerprint density at radius 1 is 1.62 bits per heavy atom. The molecule has 0 aromatic carbocycles. The van der Waals surface area contributed by atoms with E-state index in [9.17, 15) is 4.79 Å². The van der Waals surface area contributed by atoms with Gasteiger partial charge >= 0.3 is 5.97 Å². The van der Waals surface area contributed by atoms with Crippen LogP contribution in [-0.4, -0.2) is 38.3 Å². The first-order valence-corrected chi connectivity index (χ1v) is 5.02. The standard InChI is InChI=1S/C10H13N3O3/c1-6-7(8(15)16)4-11-9(12-6)13-10(5-14)2-3-10/h4,14H,2-3,5H2,1H3,(H,15,16)(H,11,12,13). The lowest BCUT2D eigenvalue weighted by molar-refractivity contribution is 0.0695. The smallest absolute Gasteiger partial charge is 0.339 e. The van der Waals surface area contributed by atoms with Crippen molar-refractivity contribution in [2.24, 2.45) is 0 Å². The zero-order valence-corrected chi connectivity index (χ0v) is 8.90. The molecular formula is C10H13N3O3. The van der Waals surface area contributed by atoms with E-state index in [-0.39, 0.29) is 17.7 Å². The molecule has 16 heavy (non-hydrogen) atoms. The second-order valence-electron chi connectivity index (χ2n) is 4.06. The molecule has 0 amide bonds. The van der Waals surface area contributed by atoms with Crippen LogP contribution in [0.2, 0.25) is 0 Å². The Kier molecular flexibility index (Phi) is 2.51. The van der Waals surface area contributed by atoms with E-state index in [4.69, 9.17) is 10.2 Å². The normalized spacial score (nSPS) is 16.9. The van der Waals surface area contributed by atoms with Gasteiger partial charge in [0, 0.05) is 6.20 Å². The average molecular weight is 223 g/mol. The fourth-order valence-electron chi connectivity index (χ4n) is 1.45. The number of anilines is 1. The van der Waals surface area contributed by atoms with E-state index in [0.717, 1.165) is 12.8 Å². The quantitative estimate of drug-likeness (QED) is 0.684. The number of aryl methyl sites for hydroxylation is 1. The Hall–Kier alpha value is -1.69. The molecule has 1 aromatic heterocycles. The van der Waals surface area contributed by atoms with Gasteiger partial charge < -0.3 is 15.5 Å². The molecule has 2 rings (SSSR count). The Morgan fingerprint density at radius 3 is 2.75 bits per heavy atom. The average Bonchev–Trinajstić information content (AvgIpc) is 2.98. The number of aromatic nitrogens is 2. The van der Waals surface area contributed by atoms with Crippen molar-refractivity contribution >= 4 is 11.9 Å². The van der Waals surface area contributed by atoms with Crippen molar-refractivity contribution in [3.05, 3.63) is 17.5 Å². The molecule has 0 atom stereocenters. The van der Waals surface area contributed by atoms with Gasteiger partial charge in [0.2, 0.25) is 5.95 Å². The first kappa shape index (κ1) is 10.8. The zero-order valence-electron chi connectivity index (χ0n) is 8.90. The van der Waals surface area contributed by atoms with E-state index in [1.165, 1.54) is 6.20 Å². The lowest BCUT2D eigenvalue weighted by Crippen LogP contribution is -2.27. The van der Waals surface area contributed by atoms with Gasteiger partial charge in [-0.1, -0.05) is 0 Å². The second kappa shape index (κ2) is 3.71. The molecule has 0 bridgehead atoms. The number of carboxylic acids is 1. The summed E-state index contributed by atoms with van der Waals surface area (Å²) in [5.74, 6) is -0.665. The highest BCUT2D eigenvalue weighted by atomic mass is 16.4. The molecule has 0 unspecified atom stereocenters. The minimum Gasteiger partial charge on any atom is -0.478 e. The number of carboxylic acid groups (broad SMARTS) is 1. The first-order valence-electron chi connectivity index (χ1n) is 5.02. The Labute approximate surface area is 92.4 Å². The maximum atomic E-state index is 10.7. The van der Waals surface area contributed by atoms with Crippen LogP contribution in [0.15, 0.2) is 6.20 Å². The van der Waals surface area contributed by atoms with Crippen molar-refractivity contribution in [3.63, 3.8) is 0 Å². The van der Waals surface area contributed by atoms with Crippen molar-refractivity contribution < 1.29 is 15.0 Å². The molecule has 1 aromatic rings. The third kappa shape index (κ3) is 1.96. The van der Waals surface area contributed by atoms with E-state index >= 15 is 0 Å². The molecular weight excluding hydrogens is 210 g/mol. The Bertz CT molecular complexity index is 429. The lowest BCUT2D eigenvalue weighted by atomic mass is 10.2. The molecule has 86 valence electrons. The number of rotatable bonds is 4. The lowest BCUT2D eigenvalue weighted by Gasteiger charge is -2.14. The van der Waals surface area contributed by atoms with Crippen molar-refractivity contribution in [2.45, 2.75) is 25.3 Å². The van der Waals surface area contributed by atoms with Gasteiger partial charge in [0.25, 0.3) is 0 Å². The van der Waals surface area contributed by atoms with Crippen molar-refractivity contribution in [2.75, 3.05) is 11.9 Å². The van der Waals surface area contributed by atoms with Gasteiger partial charge in [0.1, 0.15) is 0 Å². The fraction of sp³-hybridized carbons (Fsp3) is 0.500. The maximum Gasteiger partial charge on any atom is 0.339 e. The van der Waals surface area contributed by atoms with Crippen LogP contribution in [0.5, 0.6) is 0 Å². The van der Waals surface area contributed by atoms with Gasteiger partial charge in [0.15, 0.2) is 0 Å². The van der Waals surface area contributed by atoms with Gasteiger partial charge in [-0.3, -0.25) is 0 Å². The van der Waals surface area contributed by atoms with Crippen LogP contribution in [-0.2, 0) is 0 Å². The number of aliphatic hydroxyl groups excluding tert-OH is 1. The summed E-state index contributed by atoms with van der Waals surface area (Å²) >= 11 is 0. The number of nitrogens with one attached hydrogen (secondary N) is 1. The van der Waals surface area contributed by atoms with Crippen LogP contribution < -0.4 is 5.32 Å². The van der Waals surface area contributed by atoms with Crippen LogP contribution >= 0.6 is 0 Å². The highest BCUT2D eigenvalue weighted by Gasteiger charge is 2.42. The molecule has 1 aliphatic carbocycles. The van der Waals surface area contributed by atoms with Crippen LogP contribution in [0.1, 0.15) is 28.9 Å². The SMILES string of the molecule is Cc1nc(NC2(CO)CC2)ncc1C(=O)O. The minimum atomic E-state index is -1.03. The molecule has 6 nitrogen and oxygen atoms in total. The summed E-state index contributed by atoms with van der Waals surface area (Å²) in [5, 5.41) is 20.9. The number of nitrogens with zero attached hydrogens (tertiary/aromatic N) is 2. The molecule has 0 spiro atoms. The molecule has 0 saturated heterocycles. The van der Waals surface area contributed by atoms with Crippen LogP contribution in [0, 0.1) is 6.92 Å². The number of hydrogen-bond donors (Lipinski definition) is 3. The zero-order chi connectivity index (χ0) is 11.8. The molecule has 3 N–H and O–H groups in total. The summed E-state index contributed by atoms with van der Waals surface area (Å²) in [6.07, 6.45) is 3.04. The van der Waals surface area contributed by atoms with Gasteiger partial charge in [-0.25, -0.2) is 14.8 Å². The third-order valence-electron chi connectivity index (χ3n) is 2.74. The van der Waals surface area contributed by atoms with Crippen LogP contribution in [0.4, 0.5) is 5.95 Å². The molecule has 0 radical (unpaired) electrons. The highest BCUT2D eigenvalue weighted by Crippen LogP contribution is 2.37. The highest BCUT2D eigenvalue weighted by molar-refractivity contribution is 5.88. The fourth-order valence-corrected chi connectivity index (χ4v) is 1.45. The summed E-state index contributed by atoms with van der Waals surface area (Å²) in [4.78, 5) is 18.7. The predicted octanol–water partition coefficient (Wildman–Crippen LogP) is 0.420. The minimum absolute atomic E-state index is 0.0378. The third-order valence-corrected chi connectivity index (χ3v) is 2.74.